The lowest BCUT2D eigenvalue weighted by atomic mass is 10.1. The summed E-state index contributed by atoms with van der Waals surface area (Å²) in [5, 5.41) is 0.677. The molecule has 0 aliphatic rings. The van der Waals surface area contributed by atoms with Gasteiger partial charge in [0.15, 0.2) is 0 Å². The van der Waals surface area contributed by atoms with E-state index >= 15 is 0 Å². The maximum Gasteiger partial charge on any atom is 0.0548 e. The van der Waals surface area contributed by atoms with Gasteiger partial charge in [-0.2, -0.15) is 0 Å². The van der Waals surface area contributed by atoms with Crippen LogP contribution < -0.4 is 5.73 Å². The fourth-order valence-corrected chi connectivity index (χ4v) is 1.50. The first-order valence-corrected chi connectivity index (χ1v) is 4.96. The van der Waals surface area contributed by atoms with E-state index in [1.807, 2.05) is 12.1 Å². The Morgan fingerprint density at radius 1 is 1.62 bits per heavy atom. The topological polar surface area (TPSA) is 26.0 Å². The van der Waals surface area contributed by atoms with E-state index in [2.05, 4.69) is 21.9 Å². The molecule has 0 radical (unpaired) electrons. The van der Waals surface area contributed by atoms with Gasteiger partial charge in [0.2, 0.25) is 0 Å². The molecule has 0 bridgehead atoms. The van der Waals surface area contributed by atoms with E-state index in [9.17, 15) is 0 Å². The average Bonchev–Trinajstić information content (AvgIpc) is 2.10. The highest BCUT2D eigenvalue weighted by atomic mass is 79.9. The van der Waals surface area contributed by atoms with Gasteiger partial charge in [0.1, 0.15) is 0 Å². The predicted molar refractivity (Wildman–Crippen MR) is 59.5 cm³/mol. The van der Waals surface area contributed by atoms with E-state index in [0.717, 1.165) is 10.0 Å². The number of halogens is 2. The smallest absolute Gasteiger partial charge is 0.0548 e. The lowest BCUT2D eigenvalue weighted by molar-refractivity contribution is 0.754. The second-order valence-electron chi connectivity index (χ2n) is 2.69. The first kappa shape index (κ1) is 10.6. The third-order valence-corrected chi connectivity index (χ3v) is 2.92. The minimum atomic E-state index is -0.112. The Balaban J connectivity index is 2.91. The molecule has 0 heterocycles. The maximum atomic E-state index is 5.83. The van der Waals surface area contributed by atoms with Gasteiger partial charge in [0.05, 0.1) is 5.02 Å². The average molecular weight is 259 g/mol. The zero-order valence-corrected chi connectivity index (χ0v) is 9.27. The molecule has 0 aromatic heterocycles. The molecule has 1 aromatic rings. The highest BCUT2D eigenvalue weighted by Crippen LogP contribution is 2.26. The Hall–Kier alpha value is -0.490. The first-order chi connectivity index (χ1) is 6.15. The number of nitrogens with two attached hydrogens (primary N) is 1. The molecule has 1 unspecified atom stereocenters. The van der Waals surface area contributed by atoms with Crippen molar-refractivity contribution in [3.05, 3.63) is 33.3 Å². The van der Waals surface area contributed by atoms with Crippen LogP contribution in [0.4, 0.5) is 0 Å². The Kier molecular flexibility index (Phi) is 3.80. The van der Waals surface area contributed by atoms with Crippen molar-refractivity contribution in [2.24, 2.45) is 5.73 Å². The molecule has 0 spiro atoms. The van der Waals surface area contributed by atoms with Crippen molar-refractivity contribution >= 4 is 27.5 Å². The summed E-state index contributed by atoms with van der Waals surface area (Å²) in [6.07, 6.45) is 5.70. The maximum absolute atomic E-state index is 5.83. The van der Waals surface area contributed by atoms with E-state index in [1.165, 1.54) is 0 Å². The van der Waals surface area contributed by atoms with Crippen LogP contribution >= 0.6 is 27.5 Å². The summed E-state index contributed by atoms with van der Waals surface area (Å²) >= 11 is 9.16. The van der Waals surface area contributed by atoms with Crippen molar-refractivity contribution < 1.29 is 0 Å². The Morgan fingerprint density at radius 3 is 2.85 bits per heavy atom. The second kappa shape index (κ2) is 4.66. The molecular formula is C10H9BrClN. The highest BCUT2D eigenvalue weighted by molar-refractivity contribution is 9.10. The number of rotatable bonds is 2. The van der Waals surface area contributed by atoms with Gasteiger partial charge in [-0.15, -0.1) is 12.3 Å². The molecule has 68 valence electrons. The van der Waals surface area contributed by atoms with Crippen molar-refractivity contribution in [2.75, 3.05) is 0 Å². The lowest BCUT2D eigenvalue weighted by Gasteiger charge is -2.09. The normalized spacial score (nSPS) is 12.2. The van der Waals surface area contributed by atoms with Crippen molar-refractivity contribution in [3.8, 4) is 12.3 Å². The summed E-state index contributed by atoms with van der Waals surface area (Å²) in [7, 11) is 0. The zero-order valence-electron chi connectivity index (χ0n) is 6.93. The first-order valence-electron chi connectivity index (χ1n) is 3.79. The van der Waals surface area contributed by atoms with Gasteiger partial charge in [0, 0.05) is 16.9 Å². The lowest BCUT2D eigenvalue weighted by Crippen LogP contribution is -2.08. The van der Waals surface area contributed by atoms with Crippen LogP contribution in [0.1, 0.15) is 18.0 Å². The number of hydrogen-bond donors (Lipinski definition) is 1. The van der Waals surface area contributed by atoms with Gasteiger partial charge in [-0.3, -0.25) is 0 Å². The monoisotopic (exact) mass is 257 g/mol. The molecule has 1 aromatic carbocycles. The van der Waals surface area contributed by atoms with Crippen LogP contribution in [-0.4, -0.2) is 0 Å². The molecule has 13 heavy (non-hydrogen) atoms. The summed E-state index contributed by atoms with van der Waals surface area (Å²) in [5.74, 6) is 2.53. The van der Waals surface area contributed by atoms with Crippen LogP contribution in [0.15, 0.2) is 22.7 Å². The molecule has 2 N–H and O–H groups in total. The second-order valence-corrected chi connectivity index (χ2v) is 3.95. The van der Waals surface area contributed by atoms with Crippen molar-refractivity contribution in [1.29, 1.82) is 0 Å². The zero-order chi connectivity index (χ0) is 9.84. The van der Waals surface area contributed by atoms with Gasteiger partial charge in [0.25, 0.3) is 0 Å². The van der Waals surface area contributed by atoms with E-state index in [0.29, 0.717) is 11.4 Å². The Labute approximate surface area is 91.4 Å². The summed E-state index contributed by atoms with van der Waals surface area (Å²) < 4.78 is 0.846. The minimum absolute atomic E-state index is 0.112. The van der Waals surface area contributed by atoms with Crippen LogP contribution in [0, 0.1) is 12.3 Å². The van der Waals surface area contributed by atoms with Crippen LogP contribution in [0.2, 0.25) is 5.02 Å². The highest BCUT2D eigenvalue weighted by Gasteiger charge is 2.05. The van der Waals surface area contributed by atoms with E-state index in [-0.39, 0.29) is 6.04 Å². The van der Waals surface area contributed by atoms with Gasteiger partial charge in [-0.05, 0) is 33.6 Å². The molecule has 3 heteroatoms. The van der Waals surface area contributed by atoms with E-state index in [4.69, 9.17) is 23.8 Å². The number of benzene rings is 1. The van der Waals surface area contributed by atoms with Crippen molar-refractivity contribution in [2.45, 2.75) is 12.5 Å². The number of hydrogen-bond acceptors (Lipinski definition) is 1. The van der Waals surface area contributed by atoms with Crippen molar-refractivity contribution in [1.82, 2.24) is 0 Å². The van der Waals surface area contributed by atoms with E-state index in [1.54, 1.807) is 6.07 Å². The fourth-order valence-electron chi connectivity index (χ4n) is 0.988. The molecule has 0 aliphatic carbocycles. The van der Waals surface area contributed by atoms with Gasteiger partial charge < -0.3 is 5.73 Å². The van der Waals surface area contributed by atoms with Gasteiger partial charge >= 0.3 is 0 Å². The molecule has 0 fully saturated rings. The van der Waals surface area contributed by atoms with Crippen LogP contribution in [0.5, 0.6) is 0 Å². The quantitative estimate of drug-likeness (QED) is 0.811. The summed E-state index contributed by atoms with van der Waals surface area (Å²) in [4.78, 5) is 0. The summed E-state index contributed by atoms with van der Waals surface area (Å²) in [6.45, 7) is 0. The Morgan fingerprint density at radius 2 is 2.31 bits per heavy atom. The van der Waals surface area contributed by atoms with Crippen LogP contribution in [0.25, 0.3) is 0 Å². The van der Waals surface area contributed by atoms with Crippen molar-refractivity contribution in [3.63, 3.8) is 0 Å². The van der Waals surface area contributed by atoms with Crippen LogP contribution in [-0.2, 0) is 0 Å². The molecular weight excluding hydrogens is 249 g/mol. The van der Waals surface area contributed by atoms with E-state index < -0.39 is 0 Å². The summed E-state index contributed by atoms with van der Waals surface area (Å²) in [5.41, 5.74) is 6.81. The third-order valence-electron chi connectivity index (χ3n) is 1.71. The predicted octanol–water partition coefficient (Wildman–Crippen LogP) is 3.13. The standard InChI is InChI=1S/C10H9BrClN/c1-2-3-10(13)7-4-5-9(12)8(11)6-7/h1,4-6,10H,3,13H2. The summed E-state index contributed by atoms with van der Waals surface area (Å²) in [6, 6.07) is 5.47. The molecule has 1 rings (SSSR count). The molecule has 1 atom stereocenters. The largest absolute Gasteiger partial charge is 0.323 e. The molecule has 1 nitrogen and oxygen atoms in total. The molecule has 0 amide bonds. The molecule has 0 saturated heterocycles. The minimum Gasteiger partial charge on any atom is -0.323 e. The third kappa shape index (κ3) is 2.73. The SMILES string of the molecule is C#CCC(N)c1ccc(Cl)c(Br)c1. The Bertz CT molecular complexity index is 343. The van der Waals surface area contributed by atoms with Crippen LogP contribution in [0.3, 0.4) is 0 Å². The fraction of sp³-hybridized carbons (Fsp3) is 0.200. The van der Waals surface area contributed by atoms with Gasteiger partial charge in [-0.1, -0.05) is 17.7 Å². The molecule has 0 saturated carbocycles. The molecule has 0 aliphatic heterocycles. The number of terminal acetylenes is 1. The van der Waals surface area contributed by atoms with Gasteiger partial charge in [-0.25, -0.2) is 0 Å².